The quantitative estimate of drug-likeness (QED) is 0.614. The minimum atomic E-state index is 0. The van der Waals surface area contributed by atoms with Crippen molar-refractivity contribution in [1.29, 1.82) is 0 Å². The van der Waals surface area contributed by atoms with E-state index in [2.05, 4.69) is 13.8 Å². The molecule has 0 aromatic carbocycles. The van der Waals surface area contributed by atoms with Gasteiger partial charge in [-0.3, -0.25) is 0 Å². The predicted octanol–water partition coefficient (Wildman–Crippen LogP) is 2.34. The molecule has 0 aliphatic carbocycles. The highest BCUT2D eigenvalue weighted by atomic mass is 35.5. The van der Waals surface area contributed by atoms with E-state index in [0.717, 1.165) is 0 Å². The topological polar surface area (TPSA) is 26.0 Å². The number of nitrogens with two attached hydrogens (primary N) is 1. The Morgan fingerprint density at radius 1 is 1.33 bits per heavy atom. The molecule has 1 nitrogen and oxygen atoms in total. The first-order valence-electron chi connectivity index (χ1n) is 3.53. The van der Waals surface area contributed by atoms with Gasteiger partial charge in [-0.1, -0.05) is 26.2 Å². The summed E-state index contributed by atoms with van der Waals surface area (Å²) in [7, 11) is 0. The second kappa shape index (κ2) is 8.25. The van der Waals surface area contributed by atoms with Gasteiger partial charge in [-0.15, -0.1) is 12.4 Å². The summed E-state index contributed by atoms with van der Waals surface area (Å²) in [6, 6.07) is 0.404. The van der Waals surface area contributed by atoms with Crippen molar-refractivity contribution in [2.75, 3.05) is 0 Å². The van der Waals surface area contributed by atoms with E-state index >= 15 is 0 Å². The van der Waals surface area contributed by atoms with Crippen LogP contribution in [0.25, 0.3) is 0 Å². The maximum absolute atomic E-state index is 5.53. The molecule has 0 unspecified atom stereocenters. The van der Waals surface area contributed by atoms with E-state index in [9.17, 15) is 0 Å². The molecule has 2 N–H and O–H groups in total. The minimum absolute atomic E-state index is 0. The van der Waals surface area contributed by atoms with Gasteiger partial charge < -0.3 is 5.73 Å². The predicted molar refractivity (Wildman–Crippen MR) is 45.0 cm³/mol. The Bertz CT molecular complexity index is 46.2. The maximum atomic E-state index is 5.53. The Balaban J connectivity index is 0. The van der Waals surface area contributed by atoms with Crippen LogP contribution in [0, 0.1) is 0 Å². The molecule has 0 rings (SSSR count). The number of halogens is 1. The van der Waals surface area contributed by atoms with E-state index < -0.39 is 0 Å². The van der Waals surface area contributed by atoms with Crippen molar-refractivity contribution in [3.8, 4) is 0 Å². The maximum Gasteiger partial charge on any atom is 0.00104 e. The Labute approximate surface area is 64.4 Å². The SMILES string of the molecule is CCCCC[C@@H](C)N.Cl. The fourth-order valence-corrected chi connectivity index (χ4v) is 0.716. The molecule has 0 aromatic rings. The molecule has 0 heterocycles. The van der Waals surface area contributed by atoms with Crippen molar-refractivity contribution in [3.63, 3.8) is 0 Å². The highest BCUT2D eigenvalue weighted by Crippen LogP contribution is 1.99. The number of rotatable bonds is 4. The summed E-state index contributed by atoms with van der Waals surface area (Å²) in [5.41, 5.74) is 5.53. The molecule has 0 saturated heterocycles. The molecule has 0 radical (unpaired) electrons. The van der Waals surface area contributed by atoms with Gasteiger partial charge in [0.1, 0.15) is 0 Å². The van der Waals surface area contributed by atoms with Crippen LogP contribution in [0.5, 0.6) is 0 Å². The highest BCUT2D eigenvalue weighted by Gasteiger charge is 1.90. The zero-order valence-corrected chi connectivity index (χ0v) is 7.21. The third-order valence-electron chi connectivity index (χ3n) is 1.26. The average Bonchev–Trinajstić information content (AvgIpc) is 1.66. The minimum Gasteiger partial charge on any atom is -0.328 e. The summed E-state index contributed by atoms with van der Waals surface area (Å²) < 4.78 is 0. The molecule has 2 heteroatoms. The second-order valence-corrected chi connectivity index (χ2v) is 2.47. The zero-order valence-electron chi connectivity index (χ0n) is 6.39. The summed E-state index contributed by atoms with van der Waals surface area (Å²) >= 11 is 0. The van der Waals surface area contributed by atoms with Gasteiger partial charge in [-0.05, 0) is 13.3 Å². The van der Waals surface area contributed by atoms with Gasteiger partial charge >= 0.3 is 0 Å². The number of hydrogen-bond donors (Lipinski definition) is 1. The summed E-state index contributed by atoms with van der Waals surface area (Å²) in [4.78, 5) is 0. The first kappa shape index (κ1) is 12.0. The van der Waals surface area contributed by atoms with E-state index in [-0.39, 0.29) is 12.4 Å². The van der Waals surface area contributed by atoms with E-state index in [4.69, 9.17) is 5.73 Å². The Hall–Kier alpha value is 0.250. The Morgan fingerprint density at radius 3 is 2.22 bits per heavy atom. The molecular formula is C7H18ClN. The van der Waals surface area contributed by atoms with Gasteiger partial charge in [-0.25, -0.2) is 0 Å². The molecule has 58 valence electrons. The Morgan fingerprint density at radius 2 is 1.89 bits per heavy atom. The first-order valence-corrected chi connectivity index (χ1v) is 3.53. The van der Waals surface area contributed by atoms with Crippen LogP contribution in [-0.4, -0.2) is 6.04 Å². The fraction of sp³-hybridized carbons (Fsp3) is 1.00. The standard InChI is InChI=1S/C7H17N.ClH/c1-3-4-5-6-7(2)8;/h7H,3-6,8H2,1-2H3;1H/t7-;/m1./s1. The molecule has 0 fully saturated rings. The van der Waals surface area contributed by atoms with E-state index in [1.807, 2.05) is 0 Å². The van der Waals surface area contributed by atoms with E-state index in [1.54, 1.807) is 0 Å². The second-order valence-electron chi connectivity index (χ2n) is 2.47. The molecule has 0 amide bonds. The van der Waals surface area contributed by atoms with Crippen molar-refractivity contribution in [2.24, 2.45) is 5.73 Å². The Kier molecular flexibility index (Phi) is 11.0. The fourth-order valence-electron chi connectivity index (χ4n) is 0.716. The normalized spacial score (nSPS) is 12.3. The monoisotopic (exact) mass is 151 g/mol. The molecule has 0 bridgehead atoms. The van der Waals surface area contributed by atoms with E-state index in [0.29, 0.717) is 6.04 Å². The average molecular weight is 152 g/mol. The molecule has 0 spiro atoms. The van der Waals surface area contributed by atoms with Crippen molar-refractivity contribution in [1.82, 2.24) is 0 Å². The number of unbranched alkanes of at least 4 members (excludes halogenated alkanes) is 2. The van der Waals surface area contributed by atoms with Gasteiger partial charge in [0, 0.05) is 6.04 Å². The summed E-state index contributed by atoms with van der Waals surface area (Å²) in [6.45, 7) is 4.27. The van der Waals surface area contributed by atoms with Crippen LogP contribution in [0.1, 0.15) is 39.5 Å². The van der Waals surface area contributed by atoms with Crippen molar-refractivity contribution in [3.05, 3.63) is 0 Å². The van der Waals surface area contributed by atoms with Crippen molar-refractivity contribution >= 4 is 12.4 Å². The lowest BCUT2D eigenvalue weighted by Gasteiger charge is -2.01. The smallest absolute Gasteiger partial charge is 0.00104 e. The van der Waals surface area contributed by atoms with Crippen LogP contribution in [0.3, 0.4) is 0 Å². The zero-order chi connectivity index (χ0) is 6.41. The largest absolute Gasteiger partial charge is 0.328 e. The molecule has 0 aliphatic rings. The van der Waals surface area contributed by atoms with Gasteiger partial charge in [0.2, 0.25) is 0 Å². The van der Waals surface area contributed by atoms with Crippen LogP contribution < -0.4 is 5.73 Å². The van der Waals surface area contributed by atoms with Gasteiger partial charge in [-0.2, -0.15) is 0 Å². The molecular weight excluding hydrogens is 134 g/mol. The molecule has 1 atom stereocenters. The van der Waals surface area contributed by atoms with Gasteiger partial charge in [0.05, 0.1) is 0 Å². The van der Waals surface area contributed by atoms with Crippen LogP contribution in [0.4, 0.5) is 0 Å². The van der Waals surface area contributed by atoms with Crippen LogP contribution in [-0.2, 0) is 0 Å². The lowest BCUT2D eigenvalue weighted by molar-refractivity contribution is 0.592. The van der Waals surface area contributed by atoms with Crippen molar-refractivity contribution < 1.29 is 0 Å². The first-order chi connectivity index (χ1) is 3.77. The summed E-state index contributed by atoms with van der Waals surface area (Å²) in [5.74, 6) is 0. The third-order valence-corrected chi connectivity index (χ3v) is 1.26. The van der Waals surface area contributed by atoms with Crippen LogP contribution in [0.2, 0.25) is 0 Å². The molecule has 0 aromatic heterocycles. The lowest BCUT2D eigenvalue weighted by atomic mass is 10.1. The van der Waals surface area contributed by atoms with Crippen LogP contribution in [0.15, 0.2) is 0 Å². The van der Waals surface area contributed by atoms with E-state index in [1.165, 1.54) is 25.7 Å². The van der Waals surface area contributed by atoms with Crippen LogP contribution >= 0.6 is 12.4 Å². The van der Waals surface area contributed by atoms with Gasteiger partial charge in [0.25, 0.3) is 0 Å². The molecule has 0 aliphatic heterocycles. The number of hydrogen-bond acceptors (Lipinski definition) is 1. The summed E-state index contributed by atoms with van der Waals surface area (Å²) in [6.07, 6.45) is 5.12. The van der Waals surface area contributed by atoms with Crippen molar-refractivity contribution in [2.45, 2.75) is 45.6 Å². The molecule has 9 heavy (non-hydrogen) atoms. The molecule has 0 saturated carbocycles. The third kappa shape index (κ3) is 11.7. The lowest BCUT2D eigenvalue weighted by Crippen LogP contribution is -2.13. The van der Waals surface area contributed by atoms with Gasteiger partial charge in [0.15, 0.2) is 0 Å². The summed E-state index contributed by atoms with van der Waals surface area (Å²) in [5, 5.41) is 0. The highest BCUT2D eigenvalue weighted by molar-refractivity contribution is 5.85.